The Morgan fingerprint density at radius 2 is 2.14 bits per heavy atom. The van der Waals surface area contributed by atoms with Crippen LogP contribution in [0.25, 0.3) is 0 Å². The van der Waals surface area contributed by atoms with Crippen molar-refractivity contribution in [2.75, 3.05) is 39.3 Å². The summed E-state index contributed by atoms with van der Waals surface area (Å²) in [6.07, 6.45) is 6.10. The molecule has 3 saturated heterocycles. The minimum absolute atomic E-state index is 0.518. The van der Waals surface area contributed by atoms with Crippen molar-refractivity contribution in [3.63, 3.8) is 0 Å². The fourth-order valence-electron chi connectivity index (χ4n) is 3.53. The molecule has 116 valence electrons. The van der Waals surface area contributed by atoms with Crippen molar-refractivity contribution < 1.29 is 0 Å². The molecule has 5 heteroatoms. The second-order valence-electron chi connectivity index (χ2n) is 6.18. The molecule has 1 N–H and O–H groups in total. The van der Waals surface area contributed by atoms with Crippen molar-refractivity contribution in [3.05, 3.63) is 28.5 Å². The molecular formula is C16H25BrN4. The van der Waals surface area contributed by atoms with E-state index in [1.807, 2.05) is 12.4 Å². The molecule has 0 amide bonds. The molecule has 21 heavy (non-hydrogen) atoms. The van der Waals surface area contributed by atoms with Gasteiger partial charge in [0, 0.05) is 61.7 Å². The Labute approximate surface area is 136 Å². The Hall–Kier alpha value is -0.490. The van der Waals surface area contributed by atoms with Gasteiger partial charge in [0.25, 0.3) is 0 Å². The summed E-state index contributed by atoms with van der Waals surface area (Å²) < 4.78 is 1.07. The number of rotatable bonds is 6. The quantitative estimate of drug-likeness (QED) is 0.845. The molecule has 1 aromatic heterocycles. The fourth-order valence-corrected chi connectivity index (χ4v) is 3.95. The van der Waals surface area contributed by atoms with Crippen LogP contribution >= 0.6 is 15.9 Å². The molecule has 0 spiro atoms. The molecule has 0 aliphatic carbocycles. The minimum atomic E-state index is 0.518. The van der Waals surface area contributed by atoms with E-state index in [-0.39, 0.29) is 0 Å². The average Bonchev–Trinajstić information content (AvgIpc) is 2.52. The molecule has 3 fully saturated rings. The van der Waals surface area contributed by atoms with Gasteiger partial charge in [-0.25, -0.2) is 0 Å². The fraction of sp³-hybridized carbons (Fsp3) is 0.688. The normalized spacial score (nSPS) is 29.5. The zero-order valence-electron chi connectivity index (χ0n) is 12.8. The smallest absolute Gasteiger partial charge is 0.0410 e. The van der Waals surface area contributed by atoms with E-state index in [2.05, 4.69) is 49.0 Å². The maximum atomic E-state index is 4.31. The summed E-state index contributed by atoms with van der Waals surface area (Å²) in [5, 5.41) is 3.78. The Bertz CT molecular complexity index is 459. The second-order valence-corrected chi connectivity index (χ2v) is 7.10. The molecule has 4 nitrogen and oxygen atoms in total. The Morgan fingerprint density at radius 1 is 1.33 bits per heavy atom. The van der Waals surface area contributed by atoms with Crippen molar-refractivity contribution in [2.45, 2.75) is 31.8 Å². The molecule has 1 aromatic rings. The standard InChI is InChI=1S/C16H25BrN4/c1-2-3-19-15(9-13-8-14(17)11-18-10-13)16-12-20-4-6-21(16)7-5-20/h8,10-11,15-16,19H,2-7,9,12H2,1H3. The first-order valence-electron chi connectivity index (χ1n) is 8.05. The number of nitrogens with one attached hydrogen (secondary N) is 1. The summed E-state index contributed by atoms with van der Waals surface area (Å²) in [5.41, 5.74) is 1.32. The second kappa shape index (κ2) is 7.18. The van der Waals surface area contributed by atoms with Crippen LogP contribution in [-0.4, -0.2) is 66.1 Å². The molecule has 2 atom stereocenters. The highest BCUT2D eigenvalue weighted by atomic mass is 79.9. The lowest BCUT2D eigenvalue weighted by Gasteiger charge is -2.50. The van der Waals surface area contributed by atoms with E-state index >= 15 is 0 Å². The third kappa shape index (κ3) is 3.83. The van der Waals surface area contributed by atoms with Crippen molar-refractivity contribution in [2.24, 2.45) is 0 Å². The van der Waals surface area contributed by atoms with Crippen LogP contribution in [-0.2, 0) is 6.42 Å². The summed E-state index contributed by atoms with van der Waals surface area (Å²) in [6.45, 7) is 9.49. The molecule has 0 saturated carbocycles. The van der Waals surface area contributed by atoms with Crippen LogP contribution in [0.15, 0.2) is 22.9 Å². The number of fused-ring (bicyclic) bond motifs is 3. The molecule has 4 rings (SSSR count). The van der Waals surface area contributed by atoms with Crippen LogP contribution in [0, 0.1) is 0 Å². The average molecular weight is 353 g/mol. The zero-order chi connectivity index (χ0) is 14.7. The van der Waals surface area contributed by atoms with Crippen molar-refractivity contribution >= 4 is 15.9 Å². The number of pyridine rings is 1. The van der Waals surface area contributed by atoms with Crippen molar-refractivity contribution in [1.82, 2.24) is 20.1 Å². The molecule has 3 aliphatic heterocycles. The van der Waals surface area contributed by atoms with E-state index in [1.54, 1.807) is 0 Å². The first kappa shape index (κ1) is 15.4. The van der Waals surface area contributed by atoms with E-state index in [1.165, 1.54) is 44.7 Å². The summed E-state index contributed by atoms with van der Waals surface area (Å²) in [4.78, 5) is 9.61. The zero-order valence-corrected chi connectivity index (χ0v) is 14.3. The van der Waals surface area contributed by atoms with Gasteiger partial charge in [-0.2, -0.15) is 0 Å². The molecular weight excluding hydrogens is 328 g/mol. The Kier molecular flexibility index (Phi) is 5.27. The van der Waals surface area contributed by atoms with Gasteiger partial charge in [-0.1, -0.05) is 6.92 Å². The molecule has 0 aromatic carbocycles. The number of aromatic nitrogens is 1. The van der Waals surface area contributed by atoms with Crippen LogP contribution in [0.2, 0.25) is 0 Å². The van der Waals surface area contributed by atoms with Crippen molar-refractivity contribution in [3.8, 4) is 0 Å². The predicted octanol–water partition coefficient (Wildman–Crippen LogP) is 1.75. The van der Waals surface area contributed by atoms with E-state index in [0.717, 1.165) is 17.4 Å². The minimum Gasteiger partial charge on any atom is -0.312 e. The molecule has 0 radical (unpaired) electrons. The van der Waals surface area contributed by atoms with Gasteiger partial charge in [0.2, 0.25) is 0 Å². The first-order valence-corrected chi connectivity index (χ1v) is 8.85. The maximum absolute atomic E-state index is 4.31. The first-order chi connectivity index (χ1) is 10.3. The van der Waals surface area contributed by atoms with Crippen LogP contribution in [0.1, 0.15) is 18.9 Å². The highest BCUT2D eigenvalue weighted by Gasteiger charge is 2.36. The van der Waals surface area contributed by atoms with Gasteiger partial charge in [0.15, 0.2) is 0 Å². The SMILES string of the molecule is CCCNC(Cc1cncc(Br)c1)C1CN2CCN1CC2. The van der Waals surface area contributed by atoms with Gasteiger partial charge in [0.05, 0.1) is 0 Å². The Balaban J connectivity index is 1.71. The summed E-state index contributed by atoms with van der Waals surface area (Å²) in [6, 6.07) is 3.35. The summed E-state index contributed by atoms with van der Waals surface area (Å²) in [7, 11) is 0. The lowest BCUT2D eigenvalue weighted by atomic mass is 9.95. The van der Waals surface area contributed by atoms with E-state index in [9.17, 15) is 0 Å². The number of hydrogen-bond acceptors (Lipinski definition) is 4. The van der Waals surface area contributed by atoms with Crippen LogP contribution < -0.4 is 5.32 Å². The van der Waals surface area contributed by atoms with Crippen molar-refractivity contribution in [1.29, 1.82) is 0 Å². The highest BCUT2D eigenvalue weighted by molar-refractivity contribution is 9.10. The maximum Gasteiger partial charge on any atom is 0.0410 e. The van der Waals surface area contributed by atoms with Crippen LogP contribution in [0.5, 0.6) is 0 Å². The van der Waals surface area contributed by atoms with E-state index < -0.39 is 0 Å². The third-order valence-electron chi connectivity index (χ3n) is 4.66. The largest absolute Gasteiger partial charge is 0.312 e. The van der Waals surface area contributed by atoms with Gasteiger partial charge in [-0.3, -0.25) is 14.8 Å². The third-order valence-corrected chi connectivity index (χ3v) is 5.09. The summed E-state index contributed by atoms with van der Waals surface area (Å²) >= 11 is 3.53. The Morgan fingerprint density at radius 3 is 2.76 bits per heavy atom. The van der Waals surface area contributed by atoms with E-state index in [0.29, 0.717) is 12.1 Å². The van der Waals surface area contributed by atoms with Gasteiger partial charge >= 0.3 is 0 Å². The van der Waals surface area contributed by atoms with Gasteiger partial charge in [-0.05, 0) is 46.9 Å². The number of nitrogens with zero attached hydrogens (tertiary/aromatic N) is 3. The van der Waals surface area contributed by atoms with Gasteiger partial charge in [0.1, 0.15) is 0 Å². The topological polar surface area (TPSA) is 31.4 Å². The number of piperazine rings is 3. The molecule has 4 heterocycles. The molecule has 2 unspecified atom stereocenters. The van der Waals surface area contributed by atoms with Crippen LogP contribution in [0.4, 0.5) is 0 Å². The lowest BCUT2D eigenvalue weighted by molar-refractivity contribution is -0.00310. The summed E-state index contributed by atoms with van der Waals surface area (Å²) in [5.74, 6) is 0. The van der Waals surface area contributed by atoms with Gasteiger partial charge in [-0.15, -0.1) is 0 Å². The predicted molar refractivity (Wildman–Crippen MR) is 89.5 cm³/mol. The van der Waals surface area contributed by atoms with Crippen LogP contribution in [0.3, 0.4) is 0 Å². The molecule has 3 aliphatic rings. The van der Waals surface area contributed by atoms with Gasteiger partial charge < -0.3 is 5.32 Å². The lowest BCUT2D eigenvalue weighted by Crippen LogP contribution is -2.66. The van der Waals surface area contributed by atoms with E-state index in [4.69, 9.17) is 0 Å². The number of halogens is 1. The monoisotopic (exact) mass is 352 g/mol. The number of hydrogen-bond donors (Lipinski definition) is 1. The highest BCUT2D eigenvalue weighted by Crippen LogP contribution is 2.21. The molecule has 2 bridgehead atoms.